The van der Waals surface area contributed by atoms with Gasteiger partial charge in [-0.1, -0.05) is 6.07 Å². The van der Waals surface area contributed by atoms with Crippen LogP contribution in [-0.2, 0) is 10.0 Å². The van der Waals surface area contributed by atoms with Crippen molar-refractivity contribution in [3.63, 3.8) is 0 Å². The van der Waals surface area contributed by atoms with Gasteiger partial charge in [0, 0.05) is 19.0 Å². The Morgan fingerprint density at radius 2 is 1.83 bits per heavy atom. The summed E-state index contributed by atoms with van der Waals surface area (Å²) in [6, 6.07) is 9.43. The Hall–Kier alpha value is -2.85. The number of nitro benzene ring substituents is 1. The van der Waals surface area contributed by atoms with E-state index in [2.05, 4.69) is 0 Å². The number of nitro groups is 1. The Morgan fingerprint density at radius 3 is 2.55 bits per heavy atom. The van der Waals surface area contributed by atoms with Gasteiger partial charge < -0.3 is 14.4 Å². The summed E-state index contributed by atoms with van der Waals surface area (Å²) in [5.74, 6) is 1.37. The zero-order chi connectivity index (χ0) is 20.6. The van der Waals surface area contributed by atoms with Crippen LogP contribution in [0.1, 0.15) is 30.9 Å². The largest absolute Gasteiger partial charge is 0.490 e. The molecule has 0 bridgehead atoms. The molecule has 2 heterocycles. The van der Waals surface area contributed by atoms with Crippen LogP contribution >= 0.6 is 0 Å². The summed E-state index contributed by atoms with van der Waals surface area (Å²) < 4.78 is 34.7. The molecular weight excluding hydrogens is 398 g/mol. The number of sulfonamides is 1. The molecule has 0 saturated carbocycles. The summed E-state index contributed by atoms with van der Waals surface area (Å²) in [6.45, 7) is 1.80. The van der Waals surface area contributed by atoms with E-state index in [-0.39, 0.29) is 16.6 Å². The second kappa shape index (κ2) is 7.53. The van der Waals surface area contributed by atoms with Crippen LogP contribution < -0.4 is 19.5 Å². The van der Waals surface area contributed by atoms with Gasteiger partial charge >= 0.3 is 0 Å². The average molecular weight is 419 g/mol. The van der Waals surface area contributed by atoms with Crippen molar-refractivity contribution in [2.75, 3.05) is 24.7 Å². The van der Waals surface area contributed by atoms with Crippen LogP contribution in [0.3, 0.4) is 0 Å². The van der Waals surface area contributed by atoms with Crippen LogP contribution in [-0.4, -0.2) is 33.1 Å². The Morgan fingerprint density at radius 1 is 1.07 bits per heavy atom. The van der Waals surface area contributed by atoms with Crippen LogP contribution in [0.25, 0.3) is 0 Å². The molecule has 1 atom stereocenters. The predicted octanol–water partition coefficient (Wildman–Crippen LogP) is 2.75. The molecule has 0 amide bonds. The minimum absolute atomic E-state index is 0.0915. The number of primary sulfonamides is 1. The third kappa shape index (κ3) is 3.85. The first-order chi connectivity index (χ1) is 13.8. The molecule has 4 rings (SSSR count). The lowest BCUT2D eigenvalue weighted by Crippen LogP contribution is -2.24. The molecule has 0 unspecified atom stereocenters. The molecule has 0 radical (unpaired) electrons. The normalized spacial score (nSPS) is 19.1. The summed E-state index contributed by atoms with van der Waals surface area (Å²) in [4.78, 5) is 12.7. The van der Waals surface area contributed by atoms with E-state index in [0.29, 0.717) is 36.9 Å². The standard InChI is InChI=1S/C19H21N3O6S/c20-29(25,26)14-5-6-16(17(12-14)22(23)24)21-8-1-3-15(21)13-4-7-18-19(11-13)28-10-2-9-27-18/h4-7,11-12,15H,1-3,8-10H2,(H2,20,25,26)/t15-/m1/s1. The van der Waals surface area contributed by atoms with Crippen molar-refractivity contribution in [1.29, 1.82) is 0 Å². The maximum absolute atomic E-state index is 11.6. The number of ether oxygens (including phenoxy) is 2. The van der Waals surface area contributed by atoms with E-state index in [1.165, 1.54) is 12.1 Å². The Labute approximate surface area is 168 Å². The lowest BCUT2D eigenvalue weighted by molar-refractivity contribution is -0.384. The molecule has 10 heteroatoms. The first-order valence-corrected chi connectivity index (χ1v) is 10.9. The van der Waals surface area contributed by atoms with Gasteiger partial charge in [0.1, 0.15) is 5.69 Å². The fourth-order valence-corrected chi connectivity index (χ4v) is 4.39. The molecule has 2 aromatic carbocycles. The van der Waals surface area contributed by atoms with Crippen molar-refractivity contribution >= 4 is 21.4 Å². The number of anilines is 1. The predicted molar refractivity (Wildman–Crippen MR) is 106 cm³/mol. The van der Waals surface area contributed by atoms with E-state index in [4.69, 9.17) is 14.6 Å². The molecule has 0 spiro atoms. The fourth-order valence-electron chi connectivity index (χ4n) is 3.86. The zero-order valence-corrected chi connectivity index (χ0v) is 16.4. The van der Waals surface area contributed by atoms with Gasteiger partial charge in [0.15, 0.2) is 11.5 Å². The van der Waals surface area contributed by atoms with Crippen molar-refractivity contribution in [1.82, 2.24) is 0 Å². The zero-order valence-electron chi connectivity index (χ0n) is 15.6. The number of hydrogen-bond acceptors (Lipinski definition) is 7. The maximum atomic E-state index is 11.6. The number of fused-ring (bicyclic) bond motifs is 1. The Kier molecular flexibility index (Phi) is 5.05. The number of nitrogens with two attached hydrogens (primary N) is 1. The van der Waals surface area contributed by atoms with E-state index < -0.39 is 14.9 Å². The second-order valence-corrected chi connectivity index (χ2v) is 8.62. The topological polar surface area (TPSA) is 125 Å². The lowest BCUT2D eigenvalue weighted by atomic mass is 10.0. The molecule has 2 aromatic rings. The van der Waals surface area contributed by atoms with Crippen LogP contribution in [0, 0.1) is 10.1 Å². The minimum Gasteiger partial charge on any atom is -0.490 e. The highest BCUT2D eigenvalue weighted by atomic mass is 32.2. The number of nitrogens with zero attached hydrogens (tertiary/aromatic N) is 2. The smallest absolute Gasteiger partial charge is 0.293 e. The molecule has 29 heavy (non-hydrogen) atoms. The van der Waals surface area contributed by atoms with Crippen molar-refractivity contribution in [3.8, 4) is 11.5 Å². The first-order valence-electron chi connectivity index (χ1n) is 9.32. The van der Waals surface area contributed by atoms with Gasteiger partial charge in [-0.15, -0.1) is 0 Å². The molecule has 0 aliphatic carbocycles. The Bertz CT molecular complexity index is 1060. The molecular formula is C19H21N3O6S. The number of rotatable bonds is 4. The van der Waals surface area contributed by atoms with Gasteiger partial charge in [0.05, 0.1) is 29.1 Å². The van der Waals surface area contributed by atoms with E-state index in [0.717, 1.165) is 30.9 Å². The molecule has 0 aromatic heterocycles. The molecule has 2 aliphatic rings. The fraction of sp³-hybridized carbons (Fsp3) is 0.368. The Balaban J connectivity index is 1.72. The summed E-state index contributed by atoms with van der Waals surface area (Å²) in [5.41, 5.74) is 1.06. The van der Waals surface area contributed by atoms with Gasteiger partial charge in [0.2, 0.25) is 10.0 Å². The van der Waals surface area contributed by atoms with E-state index >= 15 is 0 Å². The van der Waals surface area contributed by atoms with E-state index in [9.17, 15) is 18.5 Å². The van der Waals surface area contributed by atoms with Crippen molar-refractivity contribution in [3.05, 3.63) is 52.1 Å². The van der Waals surface area contributed by atoms with Gasteiger partial charge in [-0.3, -0.25) is 10.1 Å². The number of benzene rings is 2. The summed E-state index contributed by atoms with van der Waals surface area (Å²) in [6.07, 6.45) is 2.48. The minimum atomic E-state index is -4.03. The first kappa shape index (κ1) is 19.5. The highest BCUT2D eigenvalue weighted by Crippen LogP contribution is 2.43. The quantitative estimate of drug-likeness (QED) is 0.596. The molecule has 154 valence electrons. The average Bonchev–Trinajstić information content (AvgIpc) is 3.05. The summed E-state index contributed by atoms with van der Waals surface area (Å²) in [5, 5.41) is 16.8. The molecule has 1 saturated heterocycles. The molecule has 2 N–H and O–H groups in total. The highest BCUT2D eigenvalue weighted by Gasteiger charge is 2.32. The van der Waals surface area contributed by atoms with Gasteiger partial charge in [0.25, 0.3) is 5.69 Å². The second-order valence-electron chi connectivity index (χ2n) is 7.06. The number of hydrogen-bond donors (Lipinski definition) is 1. The van der Waals surface area contributed by atoms with Gasteiger partial charge in [-0.2, -0.15) is 0 Å². The SMILES string of the molecule is NS(=O)(=O)c1ccc(N2CCC[C@@H]2c2ccc3c(c2)OCCCO3)c([N+](=O)[O-])c1. The maximum Gasteiger partial charge on any atom is 0.293 e. The van der Waals surface area contributed by atoms with Crippen molar-refractivity contribution in [2.45, 2.75) is 30.2 Å². The summed E-state index contributed by atoms with van der Waals surface area (Å²) in [7, 11) is -4.03. The third-order valence-corrected chi connectivity index (χ3v) is 6.10. The van der Waals surface area contributed by atoms with E-state index in [1.54, 1.807) is 0 Å². The molecule has 2 aliphatic heterocycles. The van der Waals surface area contributed by atoms with Gasteiger partial charge in [-0.25, -0.2) is 13.6 Å². The van der Waals surface area contributed by atoms with Gasteiger partial charge in [-0.05, 0) is 42.7 Å². The monoisotopic (exact) mass is 419 g/mol. The molecule has 9 nitrogen and oxygen atoms in total. The van der Waals surface area contributed by atoms with Crippen LogP contribution in [0.4, 0.5) is 11.4 Å². The van der Waals surface area contributed by atoms with Crippen molar-refractivity contribution in [2.24, 2.45) is 5.14 Å². The van der Waals surface area contributed by atoms with Crippen LogP contribution in [0.15, 0.2) is 41.3 Å². The van der Waals surface area contributed by atoms with E-state index in [1.807, 2.05) is 23.1 Å². The third-order valence-electron chi connectivity index (χ3n) is 5.19. The highest BCUT2D eigenvalue weighted by molar-refractivity contribution is 7.89. The lowest BCUT2D eigenvalue weighted by Gasteiger charge is -2.27. The van der Waals surface area contributed by atoms with Crippen LogP contribution in [0.2, 0.25) is 0 Å². The summed E-state index contributed by atoms with van der Waals surface area (Å²) >= 11 is 0. The van der Waals surface area contributed by atoms with Crippen LogP contribution in [0.5, 0.6) is 11.5 Å². The molecule has 1 fully saturated rings. The van der Waals surface area contributed by atoms with Crippen molar-refractivity contribution < 1.29 is 22.8 Å².